The largest absolute Gasteiger partial charge is 0.488 e. The van der Waals surface area contributed by atoms with Gasteiger partial charge in [-0.25, -0.2) is 18.0 Å². The number of hydrogen-bond acceptors (Lipinski definition) is 3. The number of carbonyl (C=O) groups excluding carboxylic acids is 1. The molecule has 1 rings (SSSR count). The van der Waals surface area contributed by atoms with Gasteiger partial charge in [-0.05, 0) is 17.6 Å². The fourth-order valence-electron chi connectivity index (χ4n) is 0.724. The van der Waals surface area contributed by atoms with Crippen LogP contribution in [0.1, 0.15) is 0 Å². The van der Waals surface area contributed by atoms with Crippen molar-refractivity contribution in [2.75, 3.05) is 0 Å². The average Bonchev–Trinajstić information content (AvgIpc) is 2.12. The Morgan fingerprint density at radius 3 is 1.69 bits per heavy atom. The lowest BCUT2D eigenvalue weighted by atomic mass is 9.80. The lowest BCUT2D eigenvalue weighted by molar-refractivity contribution is 0.256. The van der Waals surface area contributed by atoms with E-state index < -0.39 is 36.1 Å². The molecule has 2 amide bonds. The number of rotatable bonds is 1. The molecule has 0 bridgehead atoms. The molecule has 0 radical (unpaired) electrons. The van der Waals surface area contributed by atoms with Gasteiger partial charge in [0.15, 0.2) is 17.5 Å². The summed E-state index contributed by atoms with van der Waals surface area (Å²) >= 11 is 0. The minimum Gasteiger partial charge on any atom is -0.423 e. The summed E-state index contributed by atoms with van der Waals surface area (Å²) in [6.45, 7) is 0. The van der Waals surface area contributed by atoms with Gasteiger partial charge < -0.3 is 21.5 Å². The highest BCUT2D eigenvalue weighted by Crippen LogP contribution is 2.07. The molecular weight excluding hydrogens is 228 g/mol. The van der Waals surface area contributed by atoms with Crippen LogP contribution in [-0.2, 0) is 0 Å². The van der Waals surface area contributed by atoms with Crippen LogP contribution in [-0.4, -0.2) is 23.2 Å². The number of halogens is 3. The van der Waals surface area contributed by atoms with Crippen molar-refractivity contribution in [2.45, 2.75) is 0 Å². The molecule has 0 fully saturated rings. The summed E-state index contributed by atoms with van der Waals surface area (Å²) in [5.41, 5.74) is 8.08. The van der Waals surface area contributed by atoms with Gasteiger partial charge in [0.05, 0.1) is 0 Å². The number of carbonyl (C=O) groups is 1. The normalized spacial score (nSPS) is 9.06. The van der Waals surface area contributed by atoms with Crippen LogP contribution in [0.2, 0.25) is 0 Å². The second-order valence-corrected chi connectivity index (χ2v) is 2.57. The summed E-state index contributed by atoms with van der Waals surface area (Å²) < 4.78 is 37.0. The Morgan fingerprint density at radius 2 is 1.44 bits per heavy atom. The molecule has 9 heteroatoms. The third-order valence-electron chi connectivity index (χ3n) is 1.30. The zero-order chi connectivity index (χ0) is 12.9. The molecule has 0 spiro atoms. The molecule has 88 valence electrons. The first kappa shape index (κ1) is 14.3. The Bertz CT molecular complexity index is 362. The highest BCUT2D eigenvalue weighted by atomic mass is 19.2. The van der Waals surface area contributed by atoms with Gasteiger partial charge >= 0.3 is 13.1 Å². The molecule has 0 unspecified atom stereocenters. The van der Waals surface area contributed by atoms with Crippen LogP contribution in [0.3, 0.4) is 0 Å². The van der Waals surface area contributed by atoms with E-state index in [1.165, 1.54) is 0 Å². The van der Waals surface area contributed by atoms with Crippen molar-refractivity contribution >= 4 is 18.6 Å². The first-order valence-corrected chi connectivity index (χ1v) is 3.81. The van der Waals surface area contributed by atoms with Gasteiger partial charge in [-0.2, -0.15) is 0 Å². The second-order valence-electron chi connectivity index (χ2n) is 2.57. The highest BCUT2D eigenvalue weighted by molar-refractivity contribution is 6.58. The van der Waals surface area contributed by atoms with Crippen LogP contribution in [0.15, 0.2) is 12.1 Å². The van der Waals surface area contributed by atoms with E-state index >= 15 is 0 Å². The number of hydrogen-bond donors (Lipinski definition) is 4. The van der Waals surface area contributed by atoms with E-state index in [0.29, 0.717) is 12.1 Å². The van der Waals surface area contributed by atoms with Gasteiger partial charge in [-0.15, -0.1) is 0 Å². The number of primary amides is 2. The van der Waals surface area contributed by atoms with Gasteiger partial charge in [0, 0.05) is 0 Å². The molecule has 1 aromatic rings. The predicted molar refractivity (Wildman–Crippen MR) is 49.9 cm³/mol. The first-order chi connectivity index (χ1) is 7.25. The average molecular weight is 236 g/mol. The Hall–Kier alpha value is -1.74. The fourth-order valence-corrected chi connectivity index (χ4v) is 0.724. The molecule has 6 N–H and O–H groups in total. The molecule has 0 aliphatic heterocycles. The van der Waals surface area contributed by atoms with Crippen molar-refractivity contribution in [2.24, 2.45) is 11.5 Å². The maximum Gasteiger partial charge on any atom is 0.488 e. The number of urea groups is 1. The van der Waals surface area contributed by atoms with Crippen LogP contribution in [0.4, 0.5) is 18.0 Å². The minimum absolute atomic E-state index is 0.425. The number of amides is 2. The maximum atomic E-state index is 12.4. The van der Waals surface area contributed by atoms with Gasteiger partial charge in [0.1, 0.15) is 0 Å². The predicted octanol–water partition coefficient (Wildman–Crippen LogP) is -1.19. The standard InChI is InChI=1S/C6H4BF3O2.CH4N2O/c8-4-1-3(7(11)12)2-5(9)6(4)10;2-1(3)4/h1-2,11-12H;(H4,2,3,4). The van der Waals surface area contributed by atoms with Crippen molar-refractivity contribution in [1.29, 1.82) is 0 Å². The van der Waals surface area contributed by atoms with E-state index in [0.717, 1.165) is 0 Å². The summed E-state index contributed by atoms with van der Waals surface area (Å²) in [7, 11) is -2.00. The summed E-state index contributed by atoms with van der Waals surface area (Å²) in [4.78, 5) is 9.00. The van der Waals surface area contributed by atoms with E-state index in [-0.39, 0.29) is 0 Å². The van der Waals surface area contributed by atoms with Crippen molar-refractivity contribution in [1.82, 2.24) is 0 Å². The van der Waals surface area contributed by atoms with Gasteiger partial charge in [-0.1, -0.05) is 0 Å². The van der Waals surface area contributed by atoms with Crippen LogP contribution >= 0.6 is 0 Å². The fraction of sp³-hybridized carbons (Fsp3) is 0. The summed E-state index contributed by atoms with van der Waals surface area (Å²) in [5, 5.41) is 16.9. The van der Waals surface area contributed by atoms with Crippen molar-refractivity contribution in [3.8, 4) is 0 Å². The summed E-state index contributed by atoms with van der Waals surface area (Å²) in [6, 6.07) is 0.201. The van der Waals surface area contributed by atoms with E-state index in [1.54, 1.807) is 0 Å². The molecule has 0 saturated heterocycles. The first-order valence-electron chi connectivity index (χ1n) is 3.81. The summed E-state index contributed by atoms with van der Waals surface area (Å²) in [5.74, 6) is -4.52. The van der Waals surface area contributed by atoms with Crippen LogP contribution < -0.4 is 16.9 Å². The minimum atomic E-state index is -2.00. The van der Waals surface area contributed by atoms with Gasteiger partial charge in [0.2, 0.25) is 0 Å². The Balaban J connectivity index is 0.000000487. The molecule has 0 aromatic heterocycles. The smallest absolute Gasteiger partial charge is 0.423 e. The molecule has 0 atom stereocenters. The molecule has 0 heterocycles. The lowest BCUT2D eigenvalue weighted by Crippen LogP contribution is -2.30. The Labute approximate surface area is 88.6 Å². The molecule has 5 nitrogen and oxygen atoms in total. The van der Waals surface area contributed by atoms with Crippen molar-refractivity contribution < 1.29 is 28.0 Å². The molecule has 0 aliphatic rings. The van der Waals surface area contributed by atoms with Gasteiger partial charge in [-0.3, -0.25) is 0 Å². The van der Waals surface area contributed by atoms with Gasteiger partial charge in [0.25, 0.3) is 0 Å². The van der Waals surface area contributed by atoms with Crippen molar-refractivity contribution in [3.63, 3.8) is 0 Å². The Kier molecular flexibility index (Phi) is 5.33. The number of benzene rings is 1. The van der Waals surface area contributed by atoms with E-state index in [9.17, 15) is 13.2 Å². The monoisotopic (exact) mass is 236 g/mol. The SMILES string of the molecule is NC(N)=O.OB(O)c1cc(F)c(F)c(F)c1. The second kappa shape index (κ2) is 5.98. The molecular formula is C7H8BF3N2O3. The van der Waals surface area contributed by atoms with E-state index in [2.05, 4.69) is 11.5 Å². The van der Waals surface area contributed by atoms with Crippen molar-refractivity contribution in [3.05, 3.63) is 29.6 Å². The molecule has 0 aliphatic carbocycles. The topological polar surface area (TPSA) is 110 Å². The number of nitrogens with two attached hydrogens (primary N) is 2. The lowest BCUT2D eigenvalue weighted by Gasteiger charge is -2.00. The highest BCUT2D eigenvalue weighted by Gasteiger charge is 2.17. The molecule has 16 heavy (non-hydrogen) atoms. The molecule has 1 aromatic carbocycles. The maximum absolute atomic E-state index is 12.4. The zero-order valence-electron chi connectivity index (χ0n) is 7.82. The quantitative estimate of drug-likeness (QED) is 0.363. The Morgan fingerprint density at radius 1 is 1.12 bits per heavy atom. The van der Waals surface area contributed by atoms with E-state index in [1.807, 2.05) is 0 Å². The van der Waals surface area contributed by atoms with Crippen LogP contribution in [0.5, 0.6) is 0 Å². The third-order valence-corrected chi connectivity index (χ3v) is 1.30. The third kappa shape index (κ3) is 4.67. The summed E-state index contributed by atoms with van der Waals surface area (Å²) in [6.07, 6.45) is 0. The zero-order valence-corrected chi connectivity index (χ0v) is 7.82. The molecule has 0 saturated carbocycles. The van der Waals surface area contributed by atoms with Crippen LogP contribution in [0, 0.1) is 17.5 Å². The van der Waals surface area contributed by atoms with Crippen LogP contribution in [0.25, 0.3) is 0 Å². The van der Waals surface area contributed by atoms with E-state index in [4.69, 9.17) is 14.8 Å².